The maximum absolute atomic E-state index is 12.7. The van der Waals surface area contributed by atoms with Crippen molar-refractivity contribution in [3.05, 3.63) is 46.9 Å². The van der Waals surface area contributed by atoms with Crippen LogP contribution in [0.15, 0.2) is 24.4 Å². The molecule has 0 spiro atoms. The molecule has 7 nitrogen and oxygen atoms in total. The van der Waals surface area contributed by atoms with E-state index in [9.17, 15) is 4.79 Å². The number of ether oxygens (including phenoxy) is 1. The lowest BCUT2D eigenvalue weighted by atomic mass is 9.94. The van der Waals surface area contributed by atoms with Gasteiger partial charge in [-0.25, -0.2) is 0 Å². The molecule has 0 aliphatic carbocycles. The number of fused-ring (bicyclic) bond motifs is 1. The molecule has 1 fully saturated rings. The number of aromatic nitrogens is 4. The molecule has 3 aromatic rings. The molecule has 1 saturated heterocycles. The molecule has 0 bridgehead atoms. The number of carbonyl (C=O) groups excluding carboxylic acids is 1. The number of para-hydroxylation sites is 1. The molecular formula is C19H23N5O2. The molecule has 26 heavy (non-hydrogen) atoms. The van der Waals surface area contributed by atoms with Crippen molar-refractivity contribution in [2.75, 3.05) is 13.2 Å². The molecule has 2 aromatic heterocycles. The average molecular weight is 353 g/mol. The summed E-state index contributed by atoms with van der Waals surface area (Å²) in [5, 5.41) is 15.4. The number of amides is 1. The van der Waals surface area contributed by atoms with Crippen LogP contribution in [0.2, 0.25) is 0 Å². The highest BCUT2D eigenvalue weighted by Crippen LogP contribution is 2.37. The fourth-order valence-corrected chi connectivity index (χ4v) is 3.84. The normalized spacial score (nSPS) is 20.0. The Labute approximate surface area is 151 Å². The third-order valence-corrected chi connectivity index (χ3v) is 5.31. The molecule has 0 saturated carbocycles. The van der Waals surface area contributed by atoms with Gasteiger partial charge in [0.15, 0.2) is 0 Å². The first kappa shape index (κ1) is 16.8. The zero-order valence-electron chi connectivity index (χ0n) is 15.2. The topological polar surface area (TPSA) is 84.8 Å². The molecular weight excluding hydrogens is 330 g/mol. The van der Waals surface area contributed by atoms with E-state index in [1.807, 2.05) is 36.9 Å². The van der Waals surface area contributed by atoms with Crippen LogP contribution in [0.4, 0.5) is 0 Å². The molecule has 1 aliphatic rings. The maximum atomic E-state index is 12.7. The van der Waals surface area contributed by atoms with Crippen molar-refractivity contribution in [1.29, 1.82) is 0 Å². The van der Waals surface area contributed by atoms with Gasteiger partial charge in [0.1, 0.15) is 0 Å². The quantitative estimate of drug-likeness (QED) is 0.754. The van der Waals surface area contributed by atoms with Crippen LogP contribution < -0.4 is 5.32 Å². The van der Waals surface area contributed by atoms with E-state index in [-0.39, 0.29) is 17.9 Å². The Hall–Kier alpha value is -2.67. The van der Waals surface area contributed by atoms with Gasteiger partial charge in [-0.1, -0.05) is 12.1 Å². The van der Waals surface area contributed by atoms with Crippen LogP contribution in [-0.2, 0) is 11.8 Å². The molecule has 3 heterocycles. The number of hydrogen-bond donors (Lipinski definition) is 2. The van der Waals surface area contributed by atoms with Crippen LogP contribution in [0.5, 0.6) is 0 Å². The summed E-state index contributed by atoms with van der Waals surface area (Å²) in [4.78, 5) is 12.7. The summed E-state index contributed by atoms with van der Waals surface area (Å²) in [6, 6.07) is 5.62. The summed E-state index contributed by atoms with van der Waals surface area (Å²) in [7, 11) is 1.95. The van der Waals surface area contributed by atoms with Crippen LogP contribution in [0.3, 0.4) is 0 Å². The summed E-state index contributed by atoms with van der Waals surface area (Å²) in [6.07, 6.45) is 2.63. The van der Waals surface area contributed by atoms with E-state index in [1.54, 1.807) is 6.20 Å². The third kappa shape index (κ3) is 2.78. The molecule has 1 amide bonds. The van der Waals surface area contributed by atoms with Crippen LogP contribution in [0.25, 0.3) is 10.9 Å². The van der Waals surface area contributed by atoms with Crippen molar-refractivity contribution in [2.24, 2.45) is 13.0 Å². The fourth-order valence-electron chi connectivity index (χ4n) is 3.84. The zero-order valence-corrected chi connectivity index (χ0v) is 15.2. The van der Waals surface area contributed by atoms with Crippen molar-refractivity contribution in [3.63, 3.8) is 0 Å². The SMILES string of the molecule is Cc1nn(C)c(C)c1[C@H]1OCC[C@@H]1CNC(=O)c1cccc2cn[nH]c12. The monoisotopic (exact) mass is 353 g/mol. The van der Waals surface area contributed by atoms with E-state index in [2.05, 4.69) is 27.5 Å². The average Bonchev–Trinajstić information content (AvgIpc) is 3.33. The third-order valence-electron chi connectivity index (χ3n) is 5.31. The Morgan fingerprint density at radius 2 is 2.27 bits per heavy atom. The molecule has 2 atom stereocenters. The lowest BCUT2D eigenvalue weighted by Crippen LogP contribution is -2.31. The first-order chi connectivity index (χ1) is 12.6. The maximum Gasteiger partial charge on any atom is 0.253 e. The predicted octanol–water partition coefficient (Wildman–Crippen LogP) is 2.42. The Balaban J connectivity index is 1.50. The number of aryl methyl sites for hydroxylation is 2. The van der Waals surface area contributed by atoms with Gasteiger partial charge in [-0.3, -0.25) is 14.6 Å². The van der Waals surface area contributed by atoms with Gasteiger partial charge in [-0.05, 0) is 26.3 Å². The highest BCUT2D eigenvalue weighted by atomic mass is 16.5. The Kier molecular flexibility index (Phi) is 4.24. The number of nitrogens with one attached hydrogen (secondary N) is 2. The molecule has 0 radical (unpaired) electrons. The fraction of sp³-hybridized carbons (Fsp3) is 0.421. The molecule has 1 aliphatic heterocycles. The van der Waals surface area contributed by atoms with Crippen LogP contribution >= 0.6 is 0 Å². The van der Waals surface area contributed by atoms with Crippen molar-refractivity contribution >= 4 is 16.8 Å². The van der Waals surface area contributed by atoms with E-state index >= 15 is 0 Å². The second-order valence-electron chi connectivity index (χ2n) is 6.90. The summed E-state index contributed by atoms with van der Waals surface area (Å²) < 4.78 is 7.89. The standard InChI is InChI=1S/C19H23N5O2/c1-11-16(12(2)24(3)23-11)18-14(7-8-26-18)9-20-19(25)15-6-4-5-13-10-21-22-17(13)15/h4-6,10,14,18H,7-9H2,1-3H3,(H,20,25)(H,21,22)/t14-,18+/m1/s1. The molecule has 7 heteroatoms. The van der Waals surface area contributed by atoms with Gasteiger partial charge in [0.05, 0.1) is 29.1 Å². The van der Waals surface area contributed by atoms with E-state index in [1.165, 1.54) is 0 Å². The van der Waals surface area contributed by atoms with Crippen molar-refractivity contribution in [2.45, 2.75) is 26.4 Å². The highest BCUT2D eigenvalue weighted by molar-refractivity contribution is 6.05. The van der Waals surface area contributed by atoms with Crippen molar-refractivity contribution in [1.82, 2.24) is 25.3 Å². The first-order valence-corrected chi connectivity index (χ1v) is 8.88. The number of aromatic amines is 1. The lowest BCUT2D eigenvalue weighted by Gasteiger charge is -2.20. The van der Waals surface area contributed by atoms with Crippen molar-refractivity contribution < 1.29 is 9.53 Å². The number of H-pyrrole nitrogens is 1. The van der Waals surface area contributed by atoms with Gasteiger partial charge >= 0.3 is 0 Å². The minimum absolute atomic E-state index is 0.0213. The van der Waals surface area contributed by atoms with Crippen LogP contribution in [-0.4, -0.2) is 39.0 Å². The van der Waals surface area contributed by atoms with Crippen LogP contribution in [0.1, 0.15) is 39.8 Å². The number of nitrogens with zero attached hydrogens (tertiary/aromatic N) is 3. The molecule has 136 valence electrons. The smallest absolute Gasteiger partial charge is 0.253 e. The predicted molar refractivity (Wildman–Crippen MR) is 97.9 cm³/mol. The second-order valence-corrected chi connectivity index (χ2v) is 6.90. The summed E-state index contributed by atoms with van der Waals surface area (Å²) in [5.41, 5.74) is 4.65. The van der Waals surface area contributed by atoms with Gasteiger partial charge in [-0.15, -0.1) is 0 Å². The molecule has 4 rings (SSSR count). The summed E-state index contributed by atoms with van der Waals surface area (Å²) >= 11 is 0. The number of carbonyl (C=O) groups is 1. The van der Waals surface area contributed by atoms with Gasteiger partial charge in [0.25, 0.3) is 5.91 Å². The summed E-state index contributed by atoms with van der Waals surface area (Å²) in [6.45, 7) is 5.35. The summed E-state index contributed by atoms with van der Waals surface area (Å²) in [5.74, 6) is 0.145. The van der Waals surface area contributed by atoms with Gasteiger partial charge < -0.3 is 10.1 Å². The molecule has 0 unspecified atom stereocenters. The van der Waals surface area contributed by atoms with Crippen molar-refractivity contribution in [3.8, 4) is 0 Å². The minimum atomic E-state index is -0.0925. The number of hydrogen-bond acceptors (Lipinski definition) is 4. The van der Waals surface area contributed by atoms with Crippen LogP contribution in [0, 0.1) is 19.8 Å². The number of benzene rings is 1. The Bertz CT molecular complexity index is 958. The second kappa shape index (κ2) is 6.57. The number of rotatable bonds is 4. The van der Waals surface area contributed by atoms with Gasteiger partial charge in [-0.2, -0.15) is 10.2 Å². The highest BCUT2D eigenvalue weighted by Gasteiger charge is 2.33. The van der Waals surface area contributed by atoms with Gasteiger partial charge in [0.2, 0.25) is 0 Å². The van der Waals surface area contributed by atoms with E-state index in [4.69, 9.17) is 4.74 Å². The van der Waals surface area contributed by atoms with Gasteiger partial charge in [0, 0.05) is 42.8 Å². The zero-order chi connectivity index (χ0) is 18.3. The Morgan fingerprint density at radius 3 is 3.04 bits per heavy atom. The first-order valence-electron chi connectivity index (χ1n) is 8.88. The van der Waals surface area contributed by atoms with E-state index in [0.717, 1.165) is 34.3 Å². The van der Waals surface area contributed by atoms with E-state index in [0.29, 0.717) is 18.7 Å². The largest absolute Gasteiger partial charge is 0.373 e. The van der Waals surface area contributed by atoms with E-state index < -0.39 is 0 Å². The Morgan fingerprint density at radius 1 is 1.42 bits per heavy atom. The molecule has 2 N–H and O–H groups in total. The lowest BCUT2D eigenvalue weighted by molar-refractivity contribution is 0.0840. The minimum Gasteiger partial charge on any atom is -0.373 e. The molecule has 1 aromatic carbocycles.